The lowest BCUT2D eigenvalue weighted by Gasteiger charge is -2.28. The van der Waals surface area contributed by atoms with Gasteiger partial charge in [-0.1, -0.05) is 26.0 Å². The van der Waals surface area contributed by atoms with E-state index in [1.807, 2.05) is 18.2 Å². The molecule has 1 aliphatic heterocycles. The van der Waals surface area contributed by atoms with Gasteiger partial charge in [0.05, 0.1) is 6.54 Å². The largest absolute Gasteiger partial charge is 0.489 e. The Morgan fingerprint density at radius 1 is 1.44 bits per heavy atom. The molecule has 0 bridgehead atoms. The molecule has 2 N–H and O–H groups in total. The predicted molar refractivity (Wildman–Crippen MR) is 106 cm³/mol. The third-order valence-electron chi connectivity index (χ3n) is 4.92. The lowest BCUT2D eigenvalue weighted by Crippen LogP contribution is -2.38. The summed E-state index contributed by atoms with van der Waals surface area (Å²) in [6.45, 7) is 9.06. The zero-order valence-corrected chi connectivity index (χ0v) is 16.5. The fourth-order valence-electron chi connectivity index (χ4n) is 3.27. The molecule has 4 nitrogen and oxygen atoms in total. The molecular weight excluding hydrogens is 336 g/mol. The van der Waals surface area contributed by atoms with Crippen molar-refractivity contribution in [1.29, 1.82) is 0 Å². The average Bonchev–Trinajstić information content (AvgIpc) is 2.59. The SMILES string of the molecule is CCC(CNC(=O)CC(C)C1CCCNC1)Oc1cccc(C)c1.Cl. The van der Waals surface area contributed by atoms with Crippen LogP contribution < -0.4 is 15.4 Å². The van der Waals surface area contributed by atoms with Gasteiger partial charge < -0.3 is 15.4 Å². The van der Waals surface area contributed by atoms with Gasteiger partial charge in [0.1, 0.15) is 11.9 Å². The molecule has 25 heavy (non-hydrogen) atoms. The maximum atomic E-state index is 12.2. The van der Waals surface area contributed by atoms with Gasteiger partial charge in [-0.15, -0.1) is 12.4 Å². The molecule has 0 saturated carbocycles. The molecule has 0 aliphatic carbocycles. The number of aryl methyl sites for hydroxylation is 1. The van der Waals surface area contributed by atoms with Gasteiger partial charge in [0.25, 0.3) is 0 Å². The topological polar surface area (TPSA) is 50.4 Å². The first kappa shape index (κ1) is 21.8. The molecule has 0 spiro atoms. The van der Waals surface area contributed by atoms with Crippen molar-refractivity contribution in [3.63, 3.8) is 0 Å². The molecule has 3 unspecified atom stereocenters. The average molecular weight is 369 g/mol. The molecule has 2 rings (SSSR count). The molecule has 1 aromatic rings. The van der Waals surface area contributed by atoms with E-state index < -0.39 is 0 Å². The first-order chi connectivity index (χ1) is 11.6. The van der Waals surface area contributed by atoms with Crippen molar-refractivity contribution < 1.29 is 9.53 Å². The number of hydrogen-bond acceptors (Lipinski definition) is 3. The van der Waals surface area contributed by atoms with Crippen LogP contribution >= 0.6 is 12.4 Å². The summed E-state index contributed by atoms with van der Waals surface area (Å²) in [5, 5.41) is 6.48. The van der Waals surface area contributed by atoms with Crippen molar-refractivity contribution in [2.45, 2.75) is 52.6 Å². The summed E-state index contributed by atoms with van der Waals surface area (Å²) in [6, 6.07) is 8.05. The van der Waals surface area contributed by atoms with E-state index in [0.717, 1.165) is 25.3 Å². The highest BCUT2D eigenvalue weighted by Gasteiger charge is 2.22. The van der Waals surface area contributed by atoms with Crippen LogP contribution in [0.3, 0.4) is 0 Å². The Morgan fingerprint density at radius 2 is 2.24 bits per heavy atom. The molecule has 1 amide bonds. The smallest absolute Gasteiger partial charge is 0.220 e. The van der Waals surface area contributed by atoms with Crippen LogP contribution in [0, 0.1) is 18.8 Å². The summed E-state index contributed by atoms with van der Waals surface area (Å²) >= 11 is 0. The standard InChI is InChI=1S/C20H32N2O2.ClH/c1-4-18(24-19-9-5-7-15(2)11-19)14-22-20(23)12-16(3)17-8-6-10-21-13-17;/h5,7,9,11,16-18,21H,4,6,8,10,12-14H2,1-3H3,(H,22,23);1H. The maximum absolute atomic E-state index is 12.2. The molecule has 142 valence electrons. The van der Waals surface area contributed by atoms with E-state index in [4.69, 9.17) is 4.74 Å². The van der Waals surface area contributed by atoms with Gasteiger partial charge in [-0.2, -0.15) is 0 Å². The van der Waals surface area contributed by atoms with Crippen molar-refractivity contribution in [3.05, 3.63) is 29.8 Å². The Kier molecular flexibility index (Phi) is 9.91. The van der Waals surface area contributed by atoms with Crippen LogP contribution in [0.15, 0.2) is 24.3 Å². The molecule has 1 aliphatic rings. The van der Waals surface area contributed by atoms with E-state index in [1.165, 1.54) is 18.4 Å². The highest BCUT2D eigenvalue weighted by Crippen LogP contribution is 2.22. The second-order valence-corrected chi connectivity index (χ2v) is 7.06. The Bertz CT molecular complexity index is 518. The van der Waals surface area contributed by atoms with Crippen LogP contribution in [-0.2, 0) is 4.79 Å². The Hall–Kier alpha value is -1.26. The van der Waals surface area contributed by atoms with Crippen molar-refractivity contribution in [3.8, 4) is 5.75 Å². The van der Waals surface area contributed by atoms with Gasteiger partial charge in [-0.25, -0.2) is 0 Å². The van der Waals surface area contributed by atoms with Gasteiger partial charge in [0.15, 0.2) is 0 Å². The molecule has 1 aromatic carbocycles. The molecule has 0 aromatic heterocycles. The summed E-state index contributed by atoms with van der Waals surface area (Å²) in [5.74, 6) is 2.06. The Labute approximate surface area is 158 Å². The summed E-state index contributed by atoms with van der Waals surface area (Å²) in [5.41, 5.74) is 1.18. The maximum Gasteiger partial charge on any atom is 0.220 e. The number of ether oxygens (including phenoxy) is 1. The zero-order chi connectivity index (χ0) is 17.4. The second-order valence-electron chi connectivity index (χ2n) is 7.06. The van der Waals surface area contributed by atoms with E-state index in [-0.39, 0.29) is 24.4 Å². The van der Waals surface area contributed by atoms with Crippen molar-refractivity contribution in [1.82, 2.24) is 10.6 Å². The Balaban J connectivity index is 0.00000312. The van der Waals surface area contributed by atoms with E-state index >= 15 is 0 Å². The van der Waals surface area contributed by atoms with Crippen LogP contribution in [0.2, 0.25) is 0 Å². The number of carbonyl (C=O) groups excluding carboxylic acids is 1. The molecular formula is C20H33ClN2O2. The molecule has 5 heteroatoms. The number of amides is 1. The van der Waals surface area contributed by atoms with E-state index in [1.54, 1.807) is 0 Å². The number of benzene rings is 1. The molecule has 1 fully saturated rings. The van der Waals surface area contributed by atoms with Crippen molar-refractivity contribution in [2.75, 3.05) is 19.6 Å². The molecule has 3 atom stereocenters. The molecule has 1 saturated heterocycles. The van der Waals surface area contributed by atoms with E-state index in [0.29, 0.717) is 24.8 Å². The summed E-state index contributed by atoms with van der Waals surface area (Å²) in [6.07, 6.45) is 3.94. The number of carbonyl (C=O) groups is 1. The fourth-order valence-corrected chi connectivity index (χ4v) is 3.27. The number of piperidine rings is 1. The van der Waals surface area contributed by atoms with Crippen LogP contribution in [0.4, 0.5) is 0 Å². The lowest BCUT2D eigenvalue weighted by molar-refractivity contribution is -0.122. The number of rotatable bonds is 8. The van der Waals surface area contributed by atoms with Gasteiger partial charge in [-0.05, 0) is 68.8 Å². The number of hydrogen-bond donors (Lipinski definition) is 2. The second kappa shape index (κ2) is 11.4. The minimum atomic E-state index is 0. The highest BCUT2D eigenvalue weighted by molar-refractivity contribution is 5.85. The highest BCUT2D eigenvalue weighted by atomic mass is 35.5. The predicted octanol–water partition coefficient (Wildman–Crippen LogP) is 3.72. The van der Waals surface area contributed by atoms with Crippen LogP contribution in [0.25, 0.3) is 0 Å². The van der Waals surface area contributed by atoms with Gasteiger partial charge in [0, 0.05) is 6.42 Å². The molecule has 0 radical (unpaired) electrons. The van der Waals surface area contributed by atoms with Crippen molar-refractivity contribution >= 4 is 18.3 Å². The quantitative estimate of drug-likeness (QED) is 0.735. The van der Waals surface area contributed by atoms with Crippen LogP contribution in [0.1, 0.15) is 45.1 Å². The van der Waals surface area contributed by atoms with Crippen LogP contribution in [0.5, 0.6) is 5.75 Å². The minimum Gasteiger partial charge on any atom is -0.489 e. The normalized spacial score (nSPS) is 19.4. The third-order valence-corrected chi connectivity index (χ3v) is 4.92. The Morgan fingerprint density at radius 3 is 2.88 bits per heavy atom. The monoisotopic (exact) mass is 368 g/mol. The van der Waals surface area contributed by atoms with Crippen LogP contribution in [-0.4, -0.2) is 31.6 Å². The van der Waals surface area contributed by atoms with Gasteiger partial charge in [0.2, 0.25) is 5.91 Å². The lowest BCUT2D eigenvalue weighted by atomic mass is 9.85. The fraction of sp³-hybridized carbons (Fsp3) is 0.650. The van der Waals surface area contributed by atoms with Crippen molar-refractivity contribution in [2.24, 2.45) is 11.8 Å². The van der Waals surface area contributed by atoms with Gasteiger partial charge >= 0.3 is 0 Å². The first-order valence-electron chi connectivity index (χ1n) is 9.29. The summed E-state index contributed by atoms with van der Waals surface area (Å²) in [7, 11) is 0. The van der Waals surface area contributed by atoms with E-state index in [2.05, 4.69) is 37.5 Å². The van der Waals surface area contributed by atoms with E-state index in [9.17, 15) is 4.79 Å². The number of halogens is 1. The minimum absolute atomic E-state index is 0. The third kappa shape index (κ3) is 7.66. The first-order valence-corrected chi connectivity index (χ1v) is 9.29. The summed E-state index contributed by atoms with van der Waals surface area (Å²) < 4.78 is 5.99. The molecule has 1 heterocycles. The number of nitrogens with one attached hydrogen (secondary N) is 2. The zero-order valence-electron chi connectivity index (χ0n) is 15.7. The summed E-state index contributed by atoms with van der Waals surface area (Å²) in [4.78, 5) is 12.2. The van der Waals surface area contributed by atoms with Gasteiger partial charge in [-0.3, -0.25) is 4.79 Å².